The van der Waals surface area contributed by atoms with Crippen molar-refractivity contribution in [3.63, 3.8) is 0 Å². The molecule has 1 atom stereocenters. The monoisotopic (exact) mass is 591 g/mol. The number of hydrogen-bond donors (Lipinski definition) is 1. The van der Waals surface area contributed by atoms with Crippen LogP contribution in [0, 0.1) is 0 Å². The SMILES string of the molecule is CN1Cc2c(Cl)cc(Cl)cc2C(c2ccc3c(c2)C(=O)N(CCOCCOCCNC(=O)OC(C)(C)C)CC3)C1. The molecule has 0 bridgehead atoms. The van der Waals surface area contributed by atoms with Gasteiger partial charge in [-0.25, -0.2) is 4.79 Å². The molecular formula is C30H39Cl2N3O5. The van der Waals surface area contributed by atoms with Crippen molar-refractivity contribution in [2.75, 3.05) is 59.7 Å². The number of carbonyl (C=O) groups is 2. The lowest BCUT2D eigenvalue weighted by molar-refractivity contribution is 0.0323. The molecule has 2 amide bonds. The maximum atomic E-state index is 13.4. The summed E-state index contributed by atoms with van der Waals surface area (Å²) < 4.78 is 16.4. The van der Waals surface area contributed by atoms with Gasteiger partial charge < -0.3 is 29.3 Å². The van der Waals surface area contributed by atoms with E-state index < -0.39 is 11.7 Å². The number of nitrogens with zero attached hydrogens (tertiary/aromatic N) is 2. The molecule has 8 nitrogen and oxygen atoms in total. The zero-order valence-corrected chi connectivity index (χ0v) is 25.2. The van der Waals surface area contributed by atoms with Gasteiger partial charge in [-0.15, -0.1) is 0 Å². The van der Waals surface area contributed by atoms with Crippen molar-refractivity contribution in [3.05, 3.63) is 68.2 Å². The molecule has 0 fully saturated rings. The summed E-state index contributed by atoms with van der Waals surface area (Å²) in [5.41, 5.74) is 4.62. The summed E-state index contributed by atoms with van der Waals surface area (Å²) in [4.78, 5) is 29.1. The Morgan fingerprint density at radius 3 is 2.58 bits per heavy atom. The molecule has 2 heterocycles. The molecular weight excluding hydrogens is 553 g/mol. The number of ether oxygens (including phenoxy) is 3. The van der Waals surface area contributed by atoms with Gasteiger partial charge in [0, 0.05) is 54.3 Å². The first-order chi connectivity index (χ1) is 19.0. The molecule has 10 heteroatoms. The van der Waals surface area contributed by atoms with Gasteiger partial charge in [-0.2, -0.15) is 0 Å². The third-order valence-electron chi connectivity index (χ3n) is 6.99. The summed E-state index contributed by atoms with van der Waals surface area (Å²) in [5.74, 6) is 0.116. The smallest absolute Gasteiger partial charge is 0.407 e. The van der Waals surface area contributed by atoms with Gasteiger partial charge in [-0.3, -0.25) is 4.79 Å². The first-order valence-corrected chi connectivity index (χ1v) is 14.5. The van der Waals surface area contributed by atoms with Crippen molar-refractivity contribution in [3.8, 4) is 0 Å². The minimum atomic E-state index is -0.527. The highest BCUT2D eigenvalue weighted by Crippen LogP contribution is 2.39. The molecule has 2 aromatic rings. The number of amides is 2. The van der Waals surface area contributed by atoms with Crippen LogP contribution in [0.4, 0.5) is 4.79 Å². The lowest BCUT2D eigenvalue weighted by Gasteiger charge is -2.34. The van der Waals surface area contributed by atoms with Crippen molar-refractivity contribution in [2.24, 2.45) is 0 Å². The molecule has 0 radical (unpaired) electrons. The van der Waals surface area contributed by atoms with Gasteiger partial charge in [0.25, 0.3) is 5.91 Å². The molecule has 0 saturated carbocycles. The standard InChI is InChI=1S/C30H39Cl2N3O5/c1-30(2,3)40-29(37)33-8-11-38-13-14-39-12-10-35-9-7-20-5-6-21(15-23(20)28(35)36)25-18-34(4)19-26-24(25)16-22(31)17-27(26)32/h5-6,15-17,25H,7-14,18-19H2,1-4H3,(H,33,37). The Kier molecular flexibility index (Phi) is 10.4. The van der Waals surface area contributed by atoms with Gasteiger partial charge in [0.05, 0.1) is 26.4 Å². The second kappa shape index (κ2) is 13.5. The Morgan fingerprint density at radius 2 is 1.82 bits per heavy atom. The zero-order valence-electron chi connectivity index (χ0n) is 23.7. The Morgan fingerprint density at radius 1 is 1.07 bits per heavy atom. The van der Waals surface area contributed by atoms with Crippen LogP contribution in [0.1, 0.15) is 59.3 Å². The normalized spacial score (nSPS) is 17.4. The number of carbonyl (C=O) groups excluding carboxylic acids is 2. The maximum absolute atomic E-state index is 13.4. The predicted molar refractivity (Wildman–Crippen MR) is 157 cm³/mol. The third kappa shape index (κ3) is 8.10. The summed E-state index contributed by atoms with van der Waals surface area (Å²) in [5, 5.41) is 3.96. The Balaban J connectivity index is 1.25. The fraction of sp³-hybridized carbons (Fsp3) is 0.533. The fourth-order valence-corrected chi connectivity index (χ4v) is 5.70. The molecule has 0 saturated heterocycles. The summed E-state index contributed by atoms with van der Waals surface area (Å²) in [6.07, 6.45) is 0.352. The predicted octanol–water partition coefficient (Wildman–Crippen LogP) is 5.13. The van der Waals surface area contributed by atoms with Crippen LogP contribution in [0.2, 0.25) is 10.0 Å². The summed E-state index contributed by atoms with van der Waals surface area (Å²) in [6.45, 7) is 10.2. The number of halogens is 2. The van der Waals surface area contributed by atoms with Crippen molar-refractivity contribution in [1.29, 1.82) is 0 Å². The number of fused-ring (bicyclic) bond motifs is 2. The van der Waals surface area contributed by atoms with Gasteiger partial charge in [0.1, 0.15) is 5.60 Å². The minimum absolute atomic E-state index is 0.0321. The maximum Gasteiger partial charge on any atom is 0.407 e. The molecule has 2 aliphatic rings. The van der Waals surface area contributed by atoms with E-state index in [-0.39, 0.29) is 11.8 Å². The summed E-state index contributed by atoms with van der Waals surface area (Å²) >= 11 is 12.9. The van der Waals surface area contributed by atoms with E-state index in [4.69, 9.17) is 37.4 Å². The zero-order chi connectivity index (χ0) is 28.9. The second-order valence-electron chi connectivity index (χ2n) is 11.3. The van der Waals surface area contributed by atoms with E-state index in [2.05, 4.69) is 29.4 Å². The van der Waals surface area contributed by atoms with Crippen molar-refractivity contribution >= 4 is 35.2 Å². The Labute approximate surface area is 246 Å². The van der Waals surface area contributed by atoms with E-state index in [1.165, 1.54) is 0 Å². The second-order valence-corrected chi connectivity index (χ2v) is 12.2. The number of benzene rings is 2. The summed E-state index contributed by atoms with van der Waals surface area (Å²) in [7, 11) is 2.08. The number of nitrogens with one attached hydrogen (secondary N) is 1. The van der Waals surface area contributed by atoms with E-state index in [0.717, 1.165) is 47.3 Å². The lowest BCUT2D eigenvalue weighted by Crippen LogP contribution is -2.40. The highest BCUT2D eigenvalue weighted by molar-refractivity contribution is 6.35. The fourth-order valence-electron chi connectivity index (χ4n) is 5.14. The van der Waals surface area contributed by atoms with E-state index >= 15 is 0 Å². The number of alkyl carbamates (subject to hydrolysis) is 1. The van der Waals surface area contributed by atoms with Gasteiger partial charge >= 0.3 is 6.09 Å². The largest absolute Gasteiger partial charge is 0.444 e. The van der Waals surface area contributed by atoms with Crippen LogP contribution in [0.5, 0.6) is 0 Å². The van der Waals surface area contributed by atoms with Crippen LogP contribution in [0.25, 0.3) is 0 Å². The minimum Gasteiger partial charge on any atom is -0.444 e. The molecule has 1 N–H and O–H groups in total. The van der Waals surface area contributed by atoms with Gasteiger partial charge in [0.15, 0.2) is 0 Å². The molecule has 1 unspecified atom stereocenters. The van der Waals surface area contributed by atoms with E-state index in [1.807, 2.05) is 37.8 Å². The average Bonchev–Trinajstić information content (AvgIpc) is 2.88. The third-order valence-corrected chi connectivity index (χ3v) is 7.55. The van der Waals surface area contributed by atoms with E-state index in [0.29, 0.717) is 56.1 Å². The van der Waals surface area contributed by atoms with Gasteiger partial charge in [-0.05, 0) is 74.7 Å². The van der Waals surface area contributed by atoms with Crippen LogP contribution in [-0.4, -0.2) is 87.1 Å². The first kappa shape index (κ1) is 30.6. The van der Waals surface area contributed by atoms with Gasteiger partial charge in [-0.1, -0.05) is 35.3 Å². The van der Waals surface area contributed by atoms with Crippen LogP contribution in [0.15, 0.2) is 30.3 Å². The number of likely N-dealkylation sites (N-methyl/N-ethyl adjacent to an activating group) is 1. The molecule has 0 aromatic heterocycles. The van der Waals surface area contributed by atoms with Crippen LogP contribution in [0.3, 0.4) is 0 Å². The topological polar surface area (TPSA) is 80.3 Å². The molecule has 2 aromatic carbocycles. The average molecular weight is 593 g/mol. The van der Waals surface area contributed by atoms with Crippen molar-refractivity contribution in [2.45, 2.75) is 45.3 Å². The highest BCUT2D eigenvalue weighted by atomic mass is 35.5. The Hall–Kier alpha value is -2.36. The lowest BCUT2D eigenvalue weighted by atomic mass is 9.83. The van der Waals surface area contributed by atoms with Gasteiger partial charge in [0.2, 0.25) is 0 Å². The molecule has 0 spiro atoms. The number of rotatable bonds is 10. The molecule has 4 rings (SSSR count). The molecule has 218 valence electrons. The Bertz CT molecular complexity index is 1220. The van der Waals surface area contributed by atoms with Crippen LogP contribution in [-0.2, 0) is 27.2 Å². The highest BCUT2D eigenvalue weighted by Gasteiger charge is 2.30. The van der Waals surface area contributed by atoms with Crippen molar-refractivity contribution in [1.82, 2.24) is 15.1 Å². The van der Waals surface area contributed by atoms with E-state index in [9.17, 15) is 9.59 Å². The quantitative estimate of drug-likeness (QED) is 0.386. The molecule has 40 heavy (non-hydrogen) atoms. The van der Waals surface area contributed by atoms with E-state index in [1.54, 1.807) is 6.07 Å². The van der Waals surface area contributed by atoms with Crippen LogP contribution < -0.4 is 5.32 Å². The van der Waals surface area contributed by atoms with Crippen molar-refractivity contribution < 1.29 is 23.8 Å². The molecule has 2 aliphatic heterocycles. The number of hydrogen-bond acceptors (Lipinski definition) is 6. The summed E-state index contributed by atoms with van der Waals surface area (Å²) in [6, 6.07) is 10.1. The van der Waals surface area contributed by atoms with Crippen LogP contribution >= 0.6 is 23.2 Å². The molecule has 0 aliphatic carbocycles. The first-order valence-electron chi connectivity index (χ1n) is 13.7.